The van der Waals surface area contributed by atoms with Crippen LogP contribution in [0.5, 0.6) is 0 Å². The van der Waals surface area contributed by atoms with Crippen molar-refractivity contribution in [2.45, 2.75) is 40.5 Å². The Morgan fingerprint density at radius 3 is 2.52 bits per heavy atom. The summed E-state index contributed by atoms with van der Waals surface area (Å²) >= 11 is 0. The number of nitrogens with one attached hydrogen (secondary N) is 1. The van der Waals surface area contributed by atoms with E-state index < -0.39 is 0 Å². The molecule has 130 valence electrons. The molecule has 0 saturated carbocycles. The highest BCUT2D eigenvalue weighted by Crippen LogP contribution is 2.19. The molecule has 0 bridgehead atoms. The number of anilines is 1. The van der Waals surface area contributed by atoms with Crippen LogP contribution in [0.4, 0.5) is 5.82 Å². The predicted molar refractivity (Wildman–Crippen MR) is 96.0 cm³/mol. The van der Waals surface area contributed by atoms with Gasteiger partial charge in [0.15, 0.2) is 0 Å². The average molecular weight is 338 g/mol. The Morgan fingerprint density at radius 1 is 1.16 bits per heavy atom. The summed E-state index contributed by atoms with van der Waals surface area (Å²) in [6, 6.07) is 9.89. The van der Waals surface area contributed by atoms with Gasteiger partial charge in [-0.25, -0.2) is 4.68 Å². The van der Waals surface area contributed by atoms with Crippen LogP contribution < -0.4 is 5.32 Å². The SMILES string of the molecule is Cc1ccc(-n2nc(C)cc2NC(=O)CCc2c(C)noc2C)cc1. The number of benzene rings is 1. The zero-order chi connectivity index (χ0) is 18.0. The topological polar surface area (TPSA) is 73.0 Å². The van der Waals surface area contributed by atoms with Gasteiger partial charge in [-0.2, -0.15) is 5.10 Å². The average Bonchev–Trinajstić information content (AvgIpc) is 3.09. The molecule has 0 aliphatic carbocycles. The molecule has 2 heterocycles. The van der Waals surface area contributed by atoms with Gasteiger partial charge in [-0.1, -0.05) is 22.9 Å². The normalized spacial score (nSPS) is 10.9. The van der Waals surface area contributed by atoms with E-state index in [0.29, 0.717) is 18.7 Å². The lowest BCUT2D eigenvalue weighted by Gasteiger charge is -2.09. The van der Waals surface area contributed by atoms with Crippen molar-refractivity contribution in [3.8, 4) is 5.69 Å². The third-order valence-corrected chi connectivity index (χ3v) is 4.16. The number of rotatable bonds is 5. The summed E-state index contributed by atoms with van der Waals surface area (Å²) in [5.74, 6) is 1.38. The quantitative estimate of drug-likeness (QED) is 0.770. The minimum absolute atomic E-state index is 0.0618. The second-order valence-electron chi connectivity index (χ2n) is 6.27. The molecular weight excluding hydrogens is 316 g/mol. The molecule has 0 radical (unpaired) electrons. The fraction of sp³-hybridized carbons (Fsp3) is 0.316. The van der Waals surface area contributed by atoms with Gasteiger partial charge in [0.2, 0.25) is 5.91 Å². The van der Waals surface area contributed by atoms with Crippen molar-refractivity contribution in [3.63, 3.8) is 0 Å². The highest BCUT2D eigenvalue weighted by atomic mass is 16.5. The molecule has 0 unspecified atom stereocenters. The Hall–Kier alpha value is -2.89. The van der Waals surface area contributed by atoms with Crippen LogP contribution in [0, 0.1) is 27.7 Å². The third-order valence-electron chi connectivity index (χ3n) is 4.16. The zero-order valence-electron chi connectivity index (χ0n) is 15.0. The fourth-order valence-corrected chi connectivity index (χ4v) is 2.77. The molecule has 1 amide bonds. The molecule has 3 aromatic rings. The summed E-state index contributed by atoms with van der Waals surface area (Å²) in [5, 5.41) is 11.4. The van der Waals surface area contributed by atoms with Gasteiger partial charge in [0, 0.05) is 18.1 Å². The number of hydrogen-bond donors (Lipinski definition) is 1. The van der Waals surface area contributed by atoms with Crippen molar-refractivity contribution in [1.29, 1.82) is 0 Å². The van der Waals surface area contributed by atoms with Crippen LogP contribution >= 0.6 is 0 Å². The number of amides is 1. The second kappa shape index (κ2) is 6.93. The Bertz CT molecular complexity index is 871. The van der Waals surface area contributed by atoms with Gasteiger partial charge in [0.25, 0.3) is 0 Å². The van der Waals surface area contributed by atoms with Crippen molar-refractivity contribution in [2.75, 3.05) is 5.32 Å². The molecule has 3 rings (SSSR count). The van der Waals surface area contributed by atoms with E-state index in [9.17, 15) is 4.79 Å². The number of carbonyl (C=O) groups is 1. The Morgan fingerprint density at radius 2 is 1.88 bits per heavy atom. The fourth-order valence-electron chi connectivity index (χ4n) is 2.77. The summed E-state index contributed by atoms with van der Waals surface area (Å²) < 4.78 is 6.89. The lowest BCUT2D eigenvalue weighted by atomic mass is 10.1. The molecule has 0 atom stereocenters. The smallest absolute Gasteiger partial charge is 0.225 e. The van der Waals surface area contributed by atoms with E-state index >= 15 is 0 Å². The minimum Gasteiger partial charge on any atom is -0.361 e. The summed E-state index contributed by atoms with van der Waals surface area (Å²) in [5.41, 5.74) is 4.78. The Kier molecular flexibility index (Phi) is 4.70. The Balaban J connectivity index is 1.72. The largest absolute Gasteiger partial charge is 0.361 e. The number of aromatic nitrogens is 3. The molecule has 0 fully saturated rings. The molecule has 2 aromatic heterocycles. The first-order chi connectivity index (χ1) is 11.9. The van der Waals surface area contributed by atoms with Crippen LogP contribution in [0.3, 0.4) is 0 Å². The number of nitrogens with zero attached hydrogens (tertiary/aromatic N) is 3. The number of aryl methyl sites for hydroxylation is 4. The van der Waals surface area contributed by atoms with E-state index in [2.05, 4.69) is 15.6 Å². The van der Waals surface area contributed by atoms with Crippen LogP contribution in [0.15, 0.2) is 34.9 Å². The molecule has 0 spiro atoms. The molecule has 0 aliphatic heterocycles. The summed E-state index contributed by atoms with van der Waals surface area (Å²) in [7, 11) is 0. The first kappa shape index (κ1) is 17.0. The maximum absolute atomic E-state index is 12.4. The van der Waals surface area contributed by atoms with Gasteiger partial charge in [-0.05, 0) is 46.2 Å². The molecular formula is C19H22N4O2. The van der Waals surface area contributed by atoms with Crippen molar-refractivity contribution >= 4 is 11.7 Å². The van der Waals surface area contributed by atoms with Crippen LogP contribution in [0.1, 0.15) is 34.7 Å². The third kappa shape index (κ3) is 3.79. The highest BCUT2D eigenvalue weighted by Gasteiger charge is 2.14. The first-order valence-electron chi connectivity index (χ1n) is 8.29. The van der Waals surface area contributed by atoms with Gasteiger partial charge in [-0.15, -0.1) is 0 Å². The van der Waals surface area contributed by atoms with E-state index in [4.69, 9.17) is 4.52 Å². The zero-order valence-corrected chi connectivity index (χ0v) is 15.0. The molecule has 1 N–H and O–H groups in total. The Labute approximate surface area is 146 Å². The van der Waals surface area contributed by atoms with Crippen LogP contribution in [-0.4, -0.2) is 20.8 Å². The second-order valence-corrected chi connectivity index (χ2v) is 6.27. The molecule has 25 heavy (non-hydrogen) atoms. The van der Waals surface area contributed by atoms with Gasteiger partial charge >= 0.3 is 0 Å². The highest BCUT2D eigenvalue weighted by molar-refractivity contribution is 5.90. The van der Waals surface area contributed by atoms with Gasteiger partial charge in [-0.3, -0.25) is 4.79 Å². The monoisotopic (exact) mass is 338 g/mol. The van der Waals surface area contributed by atoms with Crippen molar-refractivity contribution < 1.29 is 9.32 Å². The van der Waals surface area contributed by atoms with Gasteiger partial charge in [0.05, 0.1) is 17.1 Å². The van der Waals surface area contributed by atoms with Crippen LogP contribution in [0.25, 0.3) is 5.69 Å². The lowest BCUT2D eigenvalue weighted by molar-refractivity contribution is -0.116. The van der Waals surface area contributed by atoms with E-state index in [1.165, 1.54) is 5.56 Å². The molecule has 0 aliphatic rings. The van der Waals surface area contributed by atoms with Crippen LogP contribution in [-0.2, 0) is 11.2 Å². The van der Waals surface area contributed by atoms with Crippen molar-refractivity contribution in [1.82, 2.24) is 14.9 Å². The van der Waals surface area contributed by atoms with E-state index in [1.54, 1.807) is 4.68 Å². The molecule has 6 heteroatoms. The standard InChI is InChI=1S/C19H22N4O2/c1-12-5-7-16(8-6-12)23-18(11-13(2)21-23)20-19(24)10-9-17-14(3)22-25-15(17)4/h5-8,11H,9-10H2,1-4H3,(H,20,24). The van der Waals surface area contributed by atoms with Crippen LogP contribution in [0.2, 0.25) is 0 Å². The lowest BCUT2D eigenvalue weighted by Crippen LogP contribution is -2.15. The van der Waals surface area contributed by atoms with E-state index in [0.717, 1.165) is 28.4 Å². The number of hydrogen-bond acceptors (Lipinski definition) is 4. The van der Waals surface area contributed by atoms with Gasteiger partial charge < -0.3 is 9.84 Å². The van der Waals surface area contributed by atoms with Crippen molar-refractivity contribution in [2.24, 2.45) is 0 Å². The van der Waals surface area contributed by atoms with Gasteiger partial charge in [0.1, 0.15) is 11.6 Å². The number of carbonyl (C=O) groups excluding carboxylic acids is 1. The predicted octanol–water partition coefficient (Wildman–Crippen LogP) is 3.67. The molecule has 1 aromatic carbocycles. The van der Waals surface area contributed by atoms with E-state index in [-0.39, 0.29) is 5.91 Å². The maximum atomic E-state index is 12.4. The summed E-state index contributed by atoms with van der Waals surface area (Å²) in [6.45, 7) is 7.70. The minimum atomic E-state index is -0.0618. The maximum Gasteiger partial charge on any atom is 0.225 e. The molecule has 6 nitrogen and oxygen atoms in total. The van der Waals surface area contributed by atoms with E-state index in [1.807, 2.05) is 58.0 Å². The first-order valence-corrected chi connectivity index (χ1v) is 8.29. The van der Waals surface area contributed by atoms with Crippen molar-refractivity contribution in [3.05, 3.63) is 58.6 Å². The molecule has 0 saturated heterocycles. The summed E-state index contributed by atoms with van der Waals surface area (Å²) in [6.07, 6.45) is 0.964. The summed E-state index contributed by atoms with van der Waals surface area (Å²) in [4.78, 5) is 12.4.